The van der Waals surface area contributed by atoms with Crippen molar-refractivity contribution in [1.29, 1.82) is 0 Å². The second kappa shape index (κ2) is 6.23. The first-order valence-electron chi connectivity index (χ1n) is 3.50. The van der Waals surface area contributed by atoms with E-state index in [1.54, 1.807) is 0 Å². The van der Waals surface area contributed by atoms with E-state index in [0.29, 0.717) is 6.61 Å². The van der Waals surface area contributed by atoms with Crippen LogP contribution in [0, 0.1) is 5.92 Å². The van der Waals surface area contributed by atoms with Crippen molar-refractivity contribution in [2.45, 2.75) is 13.8 Å². The van der Waals surface area contributed by atoms with E-state index in [9.17, 15) is 4.89 Å². The fraction of sp³-hybridized carbons (Fsp3) is 0.667. The van der Waals surface area contributed by atoms with Crippen LogP contribution in [0.2, 0.25) is 0 Å². The summed E-state index contributed by atoms with van der Waals surface area (Å²) in [7, 11) is 0. The van der Waals surface area contributed by atoms with E-state index in [1.165, 1.54) is 0 Å². The summed E-state index contributed by atoms with van der Waals surface area (Å²) in [5, 5.41) is 0. The lowest BCUT2D eigenvalue weighted by molar-refractivity contribution is 0.215. The molecule has 0 aromatic carbocycles. The largest absolute Gasteiger partial charge is 0.430 e. The zero-order valence-electron chi connectivity index (χ0n) is 7.24. The zero-order valence-corrected chi connectivity index (χ0v) is 10.5. The van der Waals surface area contributed by atoms with Crippen LogP contribution in [0.15, 0.2) is 10.8 Å². The lowest BCUT2D eigenvalue weighted by Gasteiger charge is -2.15. The standard InChI is InChI=1S/C6H11Cl2O3PS/c1-5(2)3-10-12(9,13)11-4-6(7)8/h4-5H,3H2,1-2H3,(H,9,13). The van der Waals surface area contributed by atoms with Crippen molar-refractivity contribution in [3.63, 3.8) is 0 Å². The average molecular weight is 265 g/mol. The lowest BCUT2D eigenvalue weighted by atomic mass is 10.2. The van der Waals surface area contributed by atoms with E-state index >= 15 is 0 Å². The Morgan fingerprint density at radius 3 is 2.54 bits per heavy atom. The van der Waals surface area contributed by atoms with Crippen LogP contribution < -0.4 is 0 Å². The second-order valence-electron chi connectivity index (χ2n) is 2.67. The molecule has 0 saturated heterocycles. The monoisotopic (exact) mass is 264 g/mol. The van der Waals surface area contributed by atoms with Gasteiger partial charge in [-0.05, 0) is 5.92 Å². The molecule has 0 saturated carbocycles. The minimum atomic E-state index is -3.21. The molecule has 0 aliphatic carbocycles. The molecule has 13 heavy (non-hydrogen) atoms. The molecular weight excluding hydrogens is 254 g/mol. The van der Waals surface area contributed by atoms with Crippen molar-refractivity contribution in [2.24, 2.45) is 5.92 Å². The summed E-state index contributed by atoms with van der Waals surface area (Å²) in [4.78, 5) is 9.33. The van der Waals surface area contributed by atoms with Crippen LogP contribution in [0.4, 0.5) is 0 Å². The Kier molecular flexibility index (Phi) is 6.56. The molecule has 0 heterocycles. The van der Waals surface area contributed by atoms with Gasteiger partial charge in [0, 0.05) is 11.8 Å². The zero-order chi connectivity index (χ0) is 10.5. The Bertz CT molecular complexity index is 228. The highest BCUT2D eigenvalue weighted by atomic mass is 35.5. The molecule has 0 amide bonds. The molecule has 0 radical (unpaired) electrons. The van der Waals surface area contributed by atoms with Gasteiger partial charge in [0.15, 0.2) is 0 Å². The van der Waals surface area contributed by atoms with E-state index in [4.69, 9.17) is 27.7 Å². The summed E-state index contributed by atoms with van der Waals surface area (Å²) in [6, 6.07) is 0. The summed E-state index contributed by atoms with van der Waals surface area (Å²) in [6.07, 6.45) is 0.963. The van der Waals surface area contributed by atoms with Crippen molar-refractivity contribution < 1.29 is 13.9 Å². The molecule has 1 N–H and O–H groups in total. The van der Waals surface area contributed by atoms with E-state index < -0.39 is 6.72 Å². The predicted octanol–water partition coefficient (Wildman–Crippen LogP) is 3.17. The number of rotatable bonds is 5. The average Bonchev–Trinajstić information content (AvgIpc) is 1.98. The third-order valence-electron chi connectivity index (χ3n) is 0.846. The Morgan fingerprint density at radius 1 is 1.62 bits per heavy atom. The second-order valence-corrected chi connectivity index (χ2v) is 6.47. The fourth-order valence-electron chi connectivity index (χ4n) is 0.380. The number of hydrogen-bond donors (Lipinski definition) is 1. The molecular formula is C6H11Cl2O3PS. The van der Waals surface area contributed by atoms with E-state index in [-0.39, 0.29) is 10.4 Å². The quantitative estimate of drug-likeness (QED) is 0.612. The third-order valence-corrected chi connectivity index (χ3v) is 2.45. The van der Waals surface area contributed by atoms with Crippen LogP contribution in [0.5, 0.6) is 0 Å². The normalized spacial score (nSPS) is 15.2. The van der Waals surface area contributed by atoms with Gasteiger partial charge in [-0.15, -0.1) is 0 Å². The van der Waals surface area contributed by atoms with E-state index in [2.05, 4.69) is 16.3 Å². The van der Waals surface area contributed by atoms with Crippen molar-refractivity contribution in [2.75, 3.05) is 6.61 Å². The number of hydrogen-bond acceptors (Lipinski definition) is 3. The van der Waals surface area contributed by atoms with Crippen LogP contribution >= 0.6 is 29.9 Å². The first-order chi connectivity index (χ1) is 5.83. The first kappa shape index (κ1) is 13.7. The van der Waals surface area contributed by atoms with Crippen LogP contribution in [0.25, 0.3) is 0 Å². The molecule has 3 nitrogen and oxygen atoms in total. The summed E-state index contributed by atoms with van der Waals surface area (Å²) in [5.41, 5.74) is 0. The number of halogens is 2. The molecule has 0 aromatic rings. The van der Waals surface area contributed by atoms with Gasteiger partial charge < -0.3 is 9.42 Å². The van der Waals surface area contributed by atoms with Crippen molar-refractivity contribution in [3.05, 3.63) is 10.8 Å². The Morgan fingerprint density at radius 2 is 2.15 bits per heavy atom. The Labute approximate surface area is 92.9 Å². The molecule has 0 rings (SSSR count). The van der Waals surface area contributed by atoms with Gasteiger partial charge >= 0.3 is 6.72 Å². The summed E-state index contributed by atoms with van der Waals surface area (Å²) in [5.74, 6) is 0.272. The first-order valence-corrected chi connectivity index (χ1v) is 6.85. The van der Waals surface area contributed by atoms with Gasteiger partial charge in [0.1, 0.15) is 10.8 Å². The molecule has 78 valence electrons. The van der Waals surface area contributed by atoms with Gasteiger partial charge in [-0.1, -0.05) is 37.0 Å². The van der Waals surface area contributed by atoms with Crippen LogP contribution in [0.3, 0.4) is 0 Å². The van der Waals surface area contributed by atoms with Crippen molar-refractivity contribution in [3.8, 4) is 0 Å². The predicted molar refractivity (Wildman–Crippen MR) is 58.2 cm³/mol. The van der Waals surface area contributed by atoms with E-state index in [1.807, 2.05) is 13.8 Å². The fourth-order valence-corrected chi connectivity index (χ4v) is 1.69. The molecule has 0 spiro atoms. The summed E-state index contributed by atoms with van der Waals surface area (Å²) < 4.78 is 9.50. The summed E-state index contributed by atoms with van der Waals surface area (Å²) >= 11 is 15.1. The SMILES string of the molecule is CC(C)COP(O)(=S)OC=C(Cl)Cl. The maximum Gasteiger partial charge on any atom is 0.377 e. The van der Waals surface area contributed by atoms with Gasteiger partial charge in [-0.3, -0.25) is 4.52 Å². The highest BCUT2D eigenvalue weighted by Gasteiger charge is 2.15. The maximum absolute atomic E-state index is 9.33. The third kappa shape index (κ3) is 9.01. The van der Waals surface area contributed by atoms with Gasteiger partial charge in [0.25, 0.3) is 0 Å². The van der Waals surface area contributed by atoms with Crippen LogP contribution in [-0.2, 0) is 20.9 Å². The molecule has 1 unspecified atom stereocenters. The molecule has 0 bridgehead atoms. The minimum absolute atomic E-state index is 0.114. The minimum Gasteiger partial charge on any atom is -0.430 e. The van der Waals surface area contributed by atoms with Gasteiger partial charge in [0.05, 0.1) is 6.61 Å². The van der Waals surface area contributed by atoms with Gasteiger partial charge in [-0.25, -0.2) is 0 Å². The molecule has 0 aliphatic heterocycles. The highest BCUT2D eigenvalue weighted by Crippen LogP contribution is 2.44. The Hall–Kier alpha value is 0.690. The summed E-state index contributed by atoms with van der Waals surface area (Å²) in [6.45, 7) is 0.983. The molecule has 1 atom stereocenters. The van der Waals surface area contributed by atoms with Crippen LogP contribution in [0.1, 0.15) is 13.8 Å². The maximum atomic E-state index is 9.33. The van der Waals surface area contributed by atoms with E-state index in [0.717, 1.165) is 6.26 Å². The topological polar surface area (TPSA) is 38.7 Å². The molecule has 0 fully saturated rings. The van der Waals surface area contributed by atoms with Crippen LogP contribution in [-0.4, -0.2) is 11.5 Å². The molecule has 0 aromatic heterocycles. The smallest absolute Gasteiger partial charge is 0.377 e. The molecule has 0 aliphatic rings. The van der Waals surface area contributed by atoms with Gasteiger partial charge in [-0.2, -0.15) is 0 Å². The lowest BCUT2D eigenvalue weighted by Crippen LogP contribution is -2.00. The molecule has 7 heteroatoms. The highest BCUT2D eigenvalue weighted by molar-refractivity contribution is 8.07. The van der Waals surface area contributed by atoms with Gasteiger partial charge in [0.2, 0.25) is 0 Å². The van der Waals surface area contributed by atoms with Crippen molar-refractivity contribution in [1.82, 2.24) is 0 Å². The van der Waals surface area contributed by atoms with Crippen molar-refractivity contribution >= 4 is 41.7 Å². The Balaban J connectivity index is 3.95.